The molecule has 1 aliphatic rings. The average Bonchev–Trinajstić information content (AvgIpc) is 3.06. The van der Waals surface area contributed by atoms with Gasteiger partial charge in [0.2, 0.25) is 0 Å². The van der Waals surface area contributed by atoms with Crippen LogP contribution in [0.15, 0.2) is 24.4 Å². The third kappa shape index (κ3) is 2.81. The molecule has 0 fully saturated rings. The molecule has 7 heteroatoms. The number of hydrogen-bond acceptors (Lipinski definition) is 3. The number of fused-ring (bicyclic) bond motifs is 1. The van der Waals surface area contributed by atoms with Crippen molar-refractivity contribution in [3.63, 3.8) is 0 Å². The van der Waals surface area contributed by atoms with Gasteiger partial charge in [0.15, 0.2) is 0 Å². The Morgan fingerprint density at radius 2 is 2.21 bits per heavy atom. The minimum absolute atomic E-state index is 0.235. The lowest BCUT2D eigenvalue weighted by Gasteiger charge is -2.03. The normalized spacial score (nSPS) is 14.6. The van der Waals surface area contributed by atoms with E-state index in [2.05, 4.69) is 15.6 Å². The van der Waals surface area contributed by atoms with Crippen LogP contribution in [0.5, 0.6) is 0 Å². The Bertz CT molecular complexity index is 854. The van der Waals surface area contributed by atoms with Gasteiger partial charge in [-0.25, -0.2) is 4.39 Å². The Morgan fingerprint density at radius 3 is 2.96 bits per heavy atom. The summed E-state index contributed by atoms with van der Waals surface area (Å²) in [6, 6.07) is 4.13. The number of rotatable bonds is 4. The van der Waals surface area contributed by atoms with Gasteiger partial charge in [0.05, 0.1) is 11.1 Å². The first-order valence-electron chi connectivity index (χ1n) is 7.50. The van der Waals surface area contributed by atoms with Gasteiger partial charge < -0.3 is 21.4 Å². The first-order valence-corrected chi connectivity index (χ1v) is 7.50. The second-order valence-corrected chi connectivity index (χ2v) is 5.49. The minimum atomic E-state index is -0.416. The van der Waals surface area contributed by atoms with Gasteiger partial charge in [-0.15, -0.1) is 0 Å². The summed E-state index contributed by atoms with van der Waals surface area (Å²) < 4.78 is 13.5. The molecule has 2 heterocycles. The number of halogens is 1. The number of hydrogen-bond donors (Lipinski definition) is 4. The number of aromatic amines is 1. The van der Waals surface area contributed by atoms with Gasteiger partial charge in [0, 0.05) is 36.2 Å². The third-order valence-corrected chi connectivity index (χ3v) is 3.91. The van der Waals surface area contributed by atoms with E-state index in [4.69, 9.17) is 5.73 Å². The number of benzene rings is 1. The molecule has 124 valence electrons. The number of H-pyrrole nitrogens is 1. The van der Waals surface area contributed by atoms with Crippen LogP contribution in [0.25, 0.3) is 11.6 Å². The van der Waals surface area contributed by atoms with Gasteiger partial charge in [-0.05, 0) is 36.8 Å². The summed E-state index contributed by atoms with van der Waals surface area (Å²) in [5, 5.41) is 5.39. The molecule has 2 aromatic rings. The molecular formula is C17H17FN4O2. The van der Waals surface area contributed by atoms with E-state index in [0.717, 1.165) is 0 Å². The number of aromatic nitrogens is 1. The molecule has 5 N–H and O–H groups in total. The van der Waals surface area contributed by atoms with Crippen molar-refractivity contribution in [3.05, 3.63) is 52.6 Å². The first-order chi connectivity index (χ1) is 11.5. The molecule has 0 saturated heterocycles. The van der Waals surface area contributed by atoms with Crippen molar-refractivity contribution >= 4 is 29.2 Å². The molecule has 6 nitrogen and oxygen atoms in total. The predicted octanol–water partition coefficient (Wildman–Crippen LogP) is 1.64. The topological polar surface area (TPSA) is 100 Å². The third-order valence-electron chi connectivity index (χ3n) is 3.91. The van der Waals surface area contributed by atoms with E-state index in [1.54, 1.807) is 19.2 Å². The molecule has 0 unspecified atom stereocenters. The number of nitrogens with one attached hydrogen (secondary N) is 3. The molecule has 1 aliphatic heterocycles. The molecule has 1 aromatic heterocycles. The van der Waals surface area contributed by atoms with E-state index in [-0.39, 0.29) is 11.8 Å². The van der Waals surface area contributed by atoms with Crippen LogP contribution in [0.3, 0.4) is 0 Å². The number of nitrogens with two attached hydrogens (primary N) is 1. The van der Waals surface area contributed by atoms with Crippen molar-refractivity contribution < 1.29 is 14.0 Å². The van der Waals surface area contributed by atoms with Crippen molar-refractivity contribution in [3.8, 4) is 0 Å². The Morgan fingerprint density at radius 1 is 1.42 bits per heavy atom. The number of anilines is 1. The van der Waals surface area contributed by atoms with E-state index < -0.39 is 5.82 Å². The van der Waals surface area contributed by atoms with E-state index in [0.29, 0.717) is 46.7 Å². The molecule has 1 aromatic carbocycles. The van der Waals surface area contributed by atoms with Crippen LogP contribution in [0.4, 0.5) is 10.1 Å². The Labute approximate surface area is 137 Å². The number of amides is 2. The van der Waals surface area contributed by atoms with Crippen LogP contribution in [0.1, 0.15) is 27.2 Å². The zero-order valence-electron chi connectivity index (χ0n) is 13.1. The van der Waals surface area contributed by atoms with Crippen molar-refractivity contribution in [1.82, 2.24) is 10.3 Å². The largest absolute Gasteiger partial charge is 0.361 e. The fourth-order valence-corrected chi connectivity index (χ4v) is 2.63. The van der Waals surface area contributed by atoms with Crippen molar-refractivity contribution in [2.75, 3.05) is 18.4 Å². The van der Waals surface area contributed by atoms with Gasteiger partial charge in [-0.3, -0.25) is 9.59 Å². The van der Waals surface area contributed by atoms with Gasteiger partial charge in [-0.2, -0.15) is 0 Å². The van der Waals surface area contributed by atoms with Crippen LogP contribution in [-0.2, 0) is 4.79 Å². The monoisotopic (exact) mass is 328 g/mol. The maximum atomic E-state index is 13.5. The lowest BCUT2D eigenvalue weighted by molar-refractivity contribution is -0.110. The van der Waals surface area contributed by atoms with Gasteiger partial charge in [0.25, 0.3) is 11.8 Å². The highest BCUT2D eigenvalue weighted by molar-refractivity contribution is 6.34. The summed E-state index contributed by atoms with van der Waals surface area (Å²) in [6.45, 7) is 2.52. The van der Waals surface area contributed by atoms with Crippen molar-refractivity contribution in [2.45, 2.75) is 6.92 Å². The van der Waals surface area contributed by atoms with E-state index in [9.17, 15) is 14.0 Å². The Hall–Kier alpha value is -2.93. The van der Waals surface area contributed by atoms with Crippen LogP contribution in [-0.4, -0.2) is 29.9 Å². The summed E-state index contributed by atoms with van der Waals surface area (Å²) in [5.74, 6) is -0.957. The maximum Gasteiger partial charge on any atom is 0.256 e. The van der Waals surface area contributed by atoms with Gasteiger partial charge in [-0.1, -0.05) is 0 Å². The van der Waals surface area contributed by atoms with Crippen LogP contribution in [0, 0.1) is 12.7 Å². The minimum Gasteiger partial charge on any atom is -0.361 e. The molecule has 0 aliphatic carbocycles. The summed E-state index contributed by atoms with van der Waals surface area (Å²) in [4.78, 5) is 27.2. The van der Waals surface area contributed by atoms with Gasteiger partial charge in [0.1, 0.15) is 5.82 Å². The zero-order chi connectivity index (χ0) is 17.3. The molecule has 0 radical (unpaired) electrons. The molecule has 0 atom stereocenters. The molecule has 3 rings (SSSR count). The lowest BCUT2D eigenvalue weighted by Crippen LogP contribution is -2.29. The fraction of sp³-hybridized carbons (Fsp3) is 0.176. The Balaban J connectivity index is 1.96. The average molecular weight is 328 g/mol. The lowest BCUT2D eigenvalue weighted by atomic mass is 10.0. The molecule has 24 heavy (non-hydrogen) atoms. The second kappa shape index (κ2) is 6.29. The maximum absolute atomic E-state index is 13.5. The van der Waals surface area contributed by atoms with E-state index in [1.807, 2.05) is 0 Å². The second-order valence-electron chi connectivity index (χ2n) is 5.49. The van der Waals surface area contributed by atoms with E-state index >= 15 is 0 Å². The molecule has 0 spiro atoms. The summed E-state index contributed by atoms with van der Waals surface area (Å²) in [5.41, 5.74) is 8.60. The summed E-state index contributed by atoms with van der Waals surface area (Å²) in [6.07, 6.45) is 3.20. The molecule has 0 bridgehead atoms. The highest BCUT2D eigenvalue weighted by atomic mass is 19.1. The van der Waals surface area contributed by atoms with Gasteiger partial charge >= 0.3 is 0 Å². The number of carbonyl (C=O) groups excluding carboxylic acids is 2. The molecular weight excluding hydrogens is 311 g/mol. The van der Waals surface area contributed by atoms with E-state index in [1.165, 1.54) is 18.2 Å². The fourth-order valence-electron chi connectivity index (χ4n) is 2.63. The highest BCUT2D eigenvalue weighted by Gasteiger charge is 2.25. The smallest absolute Gasteiger partial charge is 0.256 e. The van der Waals surface area contributed by atoms with Crippen LogP contribution >= 0.6 is 0 Å². The molecule has 2 amide bonds. The first kappa shape index (κ1) is 15.9. The Kier molecular flexibility index (Phi) is 4.18. The quantitative estimate of drug-likeness (QED) is 0.642. The van der Waals surface area contributed by atoms with Crippen molar-refractivity contribution in [2.24, 2.45) is 5.73 Å². The van der Waals surface area contributed by atoms with Crippen LogP contribution < -0.4 is 16.4 Å². The number of carbonyl (C=O) groups is 2. The standard InChI is InChI=1S/C17H17FN4O2/c1-9-13(16(23)20-5-4-19)8-21-15(9)7-12-11-6-10(18)2-3-14(11)22-17(12)24/h2-3,6-8,21H,4-5,19H2,1H3,(H,20,23)(H,22,24)/b12-7-. The zero-order valence-corrected chi connectivity index (χ0v) is 13.1. The van der Waals surface area contributed by atoms with Crippen LogP contribution in [0.2, 0.25) is 0 Å². The SMILES string of the molecule is Cc1c(C(=O)NCCN)c[nH]c1/C=C1\C(=O)Nc2ccc(F)cc21. The molecule has 0 saturated carbocycles. The summed E-state index contributed by atoms with van der Waals surface area (Å²) >= 11 is 0. The summed E-state index contributed by atoms with van der Waals surface area (Å²) in [7, 11) is 0. The predicted molar refractivity (Wildman–Crippen MR) is 89.8 cm³/mol. The highest BCUT2D eigenvalue weighted by Crippen LogP contribution is 2.34. The van der Waals surface area contributed by atoms with Crippen molar-refractivity contribution in [1.29, 1.82) is 0 Å².